The van der Waals surface area contributed by atoms with Gasteiger partial charge in [-0.2, -0.15) is 0 Å². The molecule has 0 unspecified atom stereocenters. The van der Waals surface area contributed by atoms with E-state index in [4.69, 9.17) is 9.47 Å². The van der Waals surface area contributed by atoms with Gasteiger partial charge in [0.15, 0.2) is 5.13 Å². The van der Waals surface area contributed by atoms with Gasteiger partial charge in [-0.15, -0.1) is 17.9 Å². The van der Waals surface area contributed by atoms with Crippen molar-refractivity contribution in [2.24, 2.45) is 0 Å². The van der Waals surface area contributed by atoms with Gasteiger partial charge in [0, 0.05) is 29.1 Å². The smallest absolute Gasteiger partial charge is 0.233 e. The highest BCUT2D eigenvalue weighted by atomic mass is 32.1. The monoisotopic (exact) mass is 394 g/mol. The molecule has 2 aromatic carbocycles. The van der Waals surface area contributed by atoms with Crippen LogP contribution in [0.15, 0.2) is 66.6 Å². The fourth-order valence-corrected chi connectivity index (χ4v) is 3.66. The van der Waals surface area contributed by atoms with Crippen LogP contribution in [0.3, 0.4) is 0 Å². The maximum atomic E-state index is 13.0. The summed E-state index contributed by atoms with van der Waals surface area (Å²) in [6.45, 7) is 4.17. The Labute approximate surface area is 168 Å². The summed E-state index contributed by atoms with van der Waals surface area (Å²) in [5.74, 6) is 1.23. The second kappa shape index (κ2) is 9.19. The summed E-state index contributed by atoms with van der Waals surface area (Å²) in [6, 6.07) is 15.3. The molecule has 0 saturated carbocycles. The number of amides is 1. The summed E-state index contributed by atoms with van der Waals surface area (Å²) in [5.41, 5.74) is 2.67. The molecule has 0 radical (unpaired) electrons. The Hall–Kier alpha value is -3.12. The molecular formula is C22H22N2O3S. The van der Waals surface area contributed by atoms with Crippen molar-refractivity contribution in [3.05, 3.63) is 72.1 Å². The first-order chi connectivity index (χ1) is 13.7. The van der Waals surface area contributed by atoms with Crippen molar-refractivity contribution < 1.29 is 14.3 Å². The van der Waals surface area contributed by atoms with Gasteiger partial charge in [0.05, 0.1) is 26.3 Å². The zero-order chi connectivity index (χ0) is 19.9. The van der Waals surface area contributed by atoms with E-state index < -0.39 is 0 Å². The van der Waals surface area contributed by atoms with E-state index in [0.29, 0.717) is 23.2 Å². The number of benzene rings is 2. The summed E-state index contributed by atoms with van der Waals surface area (Å²) < 4.78 is 10.6. The fourth-order valence-electron chi connectivity index (χ4n) is 2.80. The van der Waals surface area contributed by atoms with E-state index in [1.165, 1.54) is 11.3 Å². The van der Waals surface area contributed by atoms with E-state index >= 15 is 0 Å². The molecule has 1 heterocycles. The van der Waals surface area contributed by atoms with Gasteiger partial charge in [-0.05, 0) is 6.07 Å². The third-order valence-electron chi connectivity index (χ3n) is 4.24. The molecule has 144 valence electrons. The number of nitrogens with zero attached hydrogens (tertiary/aromatic N) is 2. The van der Waals surface area contributed by atoms with Crippen molar-refractivity contribution in [3.63, 3.8) is 0 Å². The quantitative estimate of drug-likeness (QED) is 0.525. The van der Waals surface area contributed by atoms with Crippen molar-refractivity contribution >= 4 is 22.4 Å². The topological polar surface area (TPSA) is 51.7 Å². The molecule has 0 aliphatic rings. The molecule has 1 aromatic heterocycles. The molecule has 0 spiro atoms. The minimum absolute atomic E-state index is 0.0719. The number of methoxy groups -OCH3 is 2. The largest absolute Gasteiger partial charge is 0.497 e. The van der Waals surface area contributed by atoms with Gasteiger partial charge in [0.1, 0.15) is 11.5 Å². The maximum Gasteiger partial charge on any atom is 0.233 e. The SMILES string of the molecule is C=CCN(C(=O)Cc1ccc(OC)cc1OC)c1nc(-c2ccccc2)cs1. The predicted octanol–water partition coefficient (Wildman–Crippen LogP) is 4.59. The lowest BCUT2D eigenvalue weighted by Gasteiger charge is -2.19. The first-order valence-corrected chi connectivity index (χ1v) is 9.67. The van der Waals surface area contributed by atoms with Gasteiger partial charge >= 0.3 is 0 Å². The number of hydrogen-bond donors (Lipinski definition) is 0. The van der Waals surface area contributed by atoms with E-state index in [-0.39, 0.29) is 12.3 Å². The second-order valence-electron chi connectivity index (χ2n) is 6.03. The number of thiazole rings is 1. The molecule has 0 N–H and O–H groups in total. The van der Waals surface area contributed by atoms with Crippen LogP contribution in [-0.4, -0.2) is 31.7 Å². The maximum absolute atomic E-state index is 13.0. The van der Waals surface area contributed by atoms with Gasteiger partial charge < -0.3 is 9.47 Å². The van der Waals surface area contributed by atoms with Crippen LogP contribution in [0.4, 0.5) is 5.13 Å². The molecule has 6 heteroatoms. The highest BCUT2D eigenvalue weighted by molar-refractivity contribution is 7.14. The van der Waals surface area contributed by atoms with Crippen LogP contribution in [0, 0.1) is 0 Å². The molecule has 0 saturated heterocycles. The molecule has 0 aliphatic heterocycles. The lowest BCUT2D eigenvalue weighted by atomic mass is 10.1. The lowest BCUT2D eigenvalue weighted by molar-refractivity contribution is -0.117. The van der Waals surface area contributed by atoms with Crippen LogP contribution in [0.25, 0.3) is 11.3 Å². The van der Waals surface area contributed by atoms with E-state index in [1.807, 2.05) is 47.8 Å². The zero-order valence-corrected chi connectivity index (χ0v) is 16.7. The summed E-state index contributed by atoms with van der Waals surface area (Å²) in [7, 11) is 3.18. The van der Waals surface area contributed by atoms with Crippen LogP contribution >= 0.6 is 11.3 Å². The first-order valence-electron chi connectivity index (χ1n) is 8.79. The van der Waals surface area contributed by atoms with Gasteiger partial charge in [0.25, 0.3) is 0 Å². The highest BCUT2D eigenvalue weighted by Crippen LogP contribution is 2.29. The molecule has 0 atom stereocenters. The van der Waals surface area contributed by atoms with Gasteiger partial charge in [-0.1, -0.05) is 42.5 Å². The molecule has 0 bridgehead atoms. The molecule has 1 amide bonds. The van der Waals surface area contributed by atoms with E-state index in [1.54, 1.807) is 31.3 Å². The standard InChI is InChI=1S/C22H22N2O3S/c1-4-12-24(22-23-19(15-28-22)16-8-6-5-7-9-16)21(25)13-17-10-11-18(26-2)14-20(17)27-3/h4-11,14-15H,1,12-13H2,2-3H3. The lowest BCUT2D eigenvalue weighted by Crippen LogP contribution is -2.32. The van der Waals surface area contributed by atoms with Gasteiger partial charge in [-0.3, -0.25) is 9.69 Å². The Kier molecular flexibility index (Phi) is 6.45. The van der Waals surface area contributed by atoms with E-state index in [0.717, 1.165) is 16.8 Å². The number of rotatable bonds is 8. The van der Waals surface area contributed by atoms with Crippen LogP contribution in [0.1, 0.15) is 5.56 Å². The minimum Gasteiger partial charge on any atom is -0.497 e. The van der Waals surface area contributed by atoms with E-state index in [9.17, 15) is 4.79 Å². The fraction of sp³-hybridized carbons (Fsp3) is 0.182. The molecule has 3 aromatic rings. The number of aromatic nitrogens is 1. The molecule has 0 fully saturated rings. The zero-order valence-electron chi connectivity index (χ0n) is 15.9. The molecule has 3 rings (SSSR count). The summed E-state index contributed by atoms with van der Waals surface area (Å²) in [6.07, 6.45) is 1.90. The van der Waals surface area contributed by atoms with E-state index in [2.05, 4.69) is 11.6 Å². The number of ether oxygens (including phenoxy) is 2. The highest BCUT2D eigenvalue weighted by Gasteiger charge is 2.20. The summed E-state index contributed by atoms with van der Waals surface area (Å²) in [4.78, 5) is 19.3. The first kappa shape index (κ1) is 19.6. The normalized spacial score (nSPS) is 10.4. The molecule has 5 nitrogen and oxygen atoms in total. The van der Waals surface area contributed by atoms with Crippen LogP contribution in [0.5, 0.6) is 11.5 Å². The van der Waals surface area contributed by atoms with Crippen molar-refractivity contribution in [2.75, 3.05) is 25.7 Å². The Balaban J connectivity index is 1.84. The Morgan fingerprint density at radius 3 is 2.64 bits per heavy atom. The summed E-state index contributed by atoms with van der Waals surface area (Å²) >= 11 is 1.44. The van der Waals surface area contributed by atoms with Crippen LogP contribution < -0.4 is 14.4 Å². The molecular weight excluding hydrogens is 372 g/mol. The number of hydrogen-bond acceptors (Lipinski definition) is 5. The average molecular weight is 394 g/mol. The Morgan fingerprint density at radius 2 is 1.96 bits per heavy atom. The Morgan fingerprint density at radius 1 is 1.18 bits per heavy atom. The van der Waals surface area contributed by atoms with Gasteiger partial charge in [0.2, 0.25) is 5.91 Å². The summed E-state index contributed by atoms with van der Waals surface area (Å²) in [5, 5.41) is 2.61. The van der Waals surface area contributed by atoms with Crippen molar-refractivity contribution in [2.45, 2.75) is 6.42 Å². The van der Waals surface area contributed by atoms with Crippen LogP contribution in [0.2, 0.25) is 0 Å². The minimum atomic E-state index is -0.0719. The Bertz CT molecular complexity index is 953. The molecule has 28 heavy (non-hydrogen) atoms. The number of anilines is 1. The van der Waals surface area contributed by atoms with Crippen molar-refractivity contribution in [3.8, 4) is 22.8 Å². The average Bonchev–Trinajstić information content (AvgIpc) is 3.22. The second-order valence-corrected chi connectivity index (χ2v) is 6.87. The predicted molar refractivity (Wildman–Crippen MR) is 113 cm³/mol. The number of carbonyl (C=O) groups excluding carboxylic acids is 1. The number of carbonyl (C=O) groups is 1. The van der Waals surface area contributed by atoms with Crippen LogP contribution in [-0.2, 0) is 11.2 Å². The molecule has 0 aliphatic carbocycles. The van der Waals surface area contributed by atoms with Crippen molar-refractivity contribution in [1.29, 1.82) is 0 Å². The van der Waals surface area contributed by atoms with Crippen molar-refractivity contribution in [1.82, 2.24) is 4.98 Å². The third kappa shape index (κ3) is 4.40. The van der Waals surface area contributed by atoms with Gasteiger partial charge in [-0.25, -0.2) is 4.98 Å². The third-order valence-corrected chi connectivity index (χ3v) is 5.10.